The van der Waals surface area contributed by atoms with E-state index in [1.165, 1.54) is 17.4 Å². The van der Waals surface area contributed by atoms with Crippen LogP contribution in [0.2, 0.25) is 0 Å². The standard InChI is InChI=1S/C26H16N2O4S2/c29-25-24(33-26-27-22-10-3-4-11-23(22)28(25)26)15-17-6-5-9-20(14-17)32-34(30,31)21-13-12-18-7-1-2-8-19(18)16-21/h1-16H. The second-order valence-corrected chi connectivity index (χ2v) is 10.3. The Balaban J connectivity index is 1.36. The van der Waals surface area contributed by atoms with E-state index in [0.717, 1.165) is 21.8 Å². The molecule has 4 aromatic carbocycles. The van der Waals surface area contributed by atoms with Crippen LogP contribution in [-0.4, -0.2) is 17.8 Å². The van der Waals surface area contributed by atoms with E-state index in [1.54, 1.807) is 46.9 Å². The van der Waals surface area contributed by atoms with E-state index in [-0.39, 0.29) is 16.2 Å². The SMILES string of the molecule is O=c1c(=Cc2cccc(OS(=O)(=O)c3ccc4ccccc4c3)c2)sc2nc3ccccc3n12. The number of fused-ring (bicyclic) bond motifs is 4. The van der Waals surface area contributed by atoms with Gasteiger partial charge in [0.15, 0.2) is 4.96 Å². The van der Waals surface area contributed by atoms with E-state index in [1.807, 2.05) is 48.5 Å². The van der Waals surface area contributed by atoms with Gasteiger partial charge in [0.25, 0.3) is 5.56 Å². The van der Waals surface area contributed by atoms with Gasteiger partial charge in [0, 0.05) is 0 Å². The van der Waals surface area contributed by atoms with Crippen LogP contribution < -0.4 is 14.3 Å². The van der Waals surface area contributed by atoms with Crippen molar-refractivity contribution in [2.75, 3.05) is 0 Å². The highest BCUT2D eigenvalue weighted by Crippen LogP contribution is 2.24. The first kappa shape index (κ1) is 20.6. The van der Waals surface area contributed by atoms with Gasteiger partial charge in [-0.25, -0.2) is 9.38 Å². The van der Waals surface area contributed by atoms with Gasteiger partial charge in [-0.05, 0) is 58.8 Å². The first-order valence-corrected chi connectivity index (χ1v) is 12.7. The third-order valence-electron chi connectivity index (χ3n) is 5.52. The zero-order valence-corrected chi connectivity index (χ0v) is 19.2. The third kappa shape index (κ3) is 3.53. The molecule has 0 amide bonds. The number of thiazole rings is 1. The van der Waals surface area contributed by atoms with Crippen molar-refractivity contribution in [3.63, 3.8) is 0 Å². The molecule has 0 saturated heterocycles. The number of nitrogens with zero attached hydrogens (tertiary/aromatic N) is 2. The molecule has 0 atom stereocenters. The van der Waals surface area contributed by atoms with Gasteiger partial charge in [-0.15, -0.1) is 0 Å². The van der Waals surface area contributed by atoms with E-state index in [0.29, 0.717) is 15.1 Å². The first-order valence-electron chi connectivity index (χ1n) is 10.4. The van der Waals surface area contributed by atoms with E-state index < -0.39 is 10.1 Å². The van der Waals surface area contributed by atoms with Crippen LogP contribution in [0.25, 0.3) is 32.8 Å². The maximum atomic E-state index is 13.0. The number of aromatic nitrogens is 2. The molecule has 0 aliphatic rings. The van der Waals surface area contributed by atoms with Crippen molar-refractivity contribution in [3.05, 3.63) is 111 Å². The van der Waals surface area contributed by atoms with Crippen LogP contribution in [-0.2, 0) is 10.1 Å². The van der Waals surface area contributed by atoms with Gasteiger partial charge in [-0.1, -0.05) is 65.9 Å². The van der Waals surface area contributed by atoms with Crippen molar-refractivity contribution >= 4 is 54.3 Å². The molecule has 166 valence electrons. The summed E-state index contributed by atoms with van der Waals surface area (Å²) in [4.78, 5) is 18.2. The van der Waals surface area contributed by atoms with Gasteiger partial charge in [0.2, 0.25) is 0 Å². The zero-order chi connectivity index (χ0) is 23.3. The lowest BCUT2D eigenvalue weighted by Crippen LogP contribution is -2.22. The quantitative estimate of drug-likeness (QED) is 0.347. The first-order chi connectivity index (χ1) is 16.5. The number of rotatable bonds is 4. The summed E-state index contributed by atoms with van der Waals surface area (Å²) in [7, 11) is -4.03. The Kier molecular flexibility index (Phi) is 4.72. The van der Waals surface area contributed by atoms with Crippen molar-refractivity contribution in [1.29, 1.82) is 0 Å². The molecule has 0 aliphatic heterocycles. The molecule has 8 heteroatoms. The molecular formula is C26H16N2O4S2. The fraction of sp³-hybridized carbons (Fsp3) is 0. The molecular weight excluding hydrogens is 468 g/mol. The Hall–Kier alpha value is -4.01. The molecule has 0 aliphatic carbocycles. The smallest absolute Gasteiger partial charge is 0.339 e. The highest BCUT2D eigenvalue weighted by molar-refractivity contribution is 7.87. The van der Waals surface area contributed by atoms with Crippen LogP contribution in [0.1, 0.15) is 5.56 Å². The highest BCUT2D eigenvalue weighted by Gasteiger charge is 2.17. The molecule has 0 fully saturated rings. The normalized spacial score (nSPS) is 12.6. The lowest BCUT2D eigenvalue weighted by molar-refractivity contribution is 0.486. The molecule has 0 bridgehead atoms. The van der Waals surface area contributed by atoms with Gasteiger partial charge in [0.1, 0.15) is 10.6 Å². The highest BCUT2D eigenvalue weighted by atomic mass is 32.2. The average Bonchev–Trinajstić information content (AvgIpc) is 3.34. The summed E-state index contributed by atoms with van der Waals surface area (Å²) in [5, 5.41) is 1.76. The molecule has 6 nitrogen and oxygen atoms in total. The number of hydrogen-bond acceptors (Lipinski definition) is 6. The predicted molar refractivity (Wildman–Crippen MR) is 134 cm³/mol. The molecule has 0 spiro atoms. The third-order valence-corrected chi connectivity index (χ3v) is 7.73. The largest absolute Gasteiger partial charge is 0.379 e. The monoisotopic (exact) mass is 484 g/mol. The summed E-state index contributed by atoms with van der Waals surface area (Å²) < 4.78 is 33.3. The Bertz CT molecular complexity index is 1940. The minimum absolute atomic E-state index is 0.0776. The molecule has 2 heterocycles. The molecule has 34 heavy (non-hydrogen) atoms. The Morgan fingerprint density at radius 2 is 1.65 bits per heavy atom. The van der Waals surface area contributed by atoms with E-state index in [2.05, 4.69) is 4.98 Å². The second-order valence-electron chi connectivity index (χ2n) is 7.75. The summed E-state index contributed by atoms with van der Waals surface area (Å²) >= 11 is 1.29. The fourth-order valence-electron chi connectivity index (χ4n) is 3.92. The maximum Gasteiger partial charge on any atom is 0.339 e. The van der Waals surface area contributed by atoms with Crippen LogP contribution in [0.15, 0.2) is 101 Å². The maximum absolute atomic E-state index is 13.0. The van der Waals surface area contributed by atoms with Crippen molar-refractivity contribution in [3.8, 4) is 5.75 Å². The van der Waals surface area contributed by atoms with Crippen molar-refractivity contribution < 1.29 is 12.6 Å². The minimum atomic E-state index is -4.03. The number of imidazole rings is 1. The molecule has 0 radical (unpaired) electrons. The molecule has 0 saturated carbocycles. The van der Waals surface area contributed by atoms with Gasteiger partial charge in [-0.2, -0.15) is 8.42 Å². The van der Waals surface area contributed by atoms with Gasteiger partial charge >= 0.3 is 10.1 Å². The van der Waals surface area contributed by atoms with Crippen LogP contribution in [0.5, 0.6) is 5.75 Å². The zero-order valence-electron chi connectivity index (χ0n) is 17.6. The number of para-hydroxylation sites is 2. The van der Waals surface area contributed by atoms with Crippen LogP contribution in [0, 0.1) is 0 Å². The van der Waals surface area contributed by atoms with E-state index >= 15 is 0 Å². The van der Waals surface area contributed by atoms with Crippen molar-refractivity contribution in [2.24, 2.45) is 0 Å². The minimum Gasteiger partial charge on any atom is -0.379 e. The van der Waals surface area contributed by atoms with Gasteiger partial charge < -0.3 is 4.18 Å². The number of benzene rings is 4. The summed E-state index contributed by atoms with van der Waals surface area (Å²) in [6.07, 6.45) is 1.71. The summed E-state index contributed by atoms with van der Waals surface area (Å²) in [5.74, 6) is 0.168. The van der Waals surface area contributed by atoms with Crippen LogP contribution in [0.4, 0.5) is 0 Å². The summed E-state index contributed by atoms with van der Waals surface area (Å²) in [5.41, 5.74) is 2.02. The van der Waals surface area contributed by atoms with Crippen LogP contribution in [0.3, 0.4) is 0 Å². The Morgan fingerprint density at radius 3 is 2.53 bits per heavy atom. The fourth-order valence-corrected chi connectivity index (χ4v) is 5.86. The number of hydrogen-bond donors (Lipinski definition) is 0. The predicted octanol–water partition coefficient (Wildman–Crippen LogP) is 4.38. The van der Waals surface area contributed by atoms with Crippen molar-refractivity contribution in [2.45, 2.75) is 4.90 Å². The molecule has 0 N–H and O–H groups in total. The molecule has 0 unspecified atom stereocenters. The van der Waals surface area contributed by atoms with E-state index in [9.17, 15) is 13.2 Å². The topological polar surface area (TPSA) is 77.7 Å². The molecule has 2 aromatic heterocycles. The summed E-state index contributed by atoms with van der Waals surface area (Å²) in [6, 6.07) is 26.5. The van der Waals surface area contributed by atoms with Crippen molar-refractivity contribution in [1.82, 2.24) is 9.38 Å². The van der Waals surface area contributed by atoms with Gasteiger partial charge in [-0.3, -0.25) is 4.79 Å². The molecule has 6 rings (SSSR count). The Morgan fingerprint density at radius 1 is 0.853 bits per heavy atom. The Labute approximate surface area is 198 Å². The van der Waals surface area contributed by atoms with Gasteiger partial charge in [0.05, 0.1) is 15.6 Å². The average molecular weight is 485 g/mol. The van der Waals surface area contributed by atoms with Crippen LogP contribution >= 0.6 is 11.3 Å². The lowest BCUT2D eigenvalue weighted by Gasteiger charge is -2.08. The lowest BCUT2D eigenvalue weighted by atomic mass is 10.1. The summed E-state index contributed by atoms with van der Waals surface area (Å²) in [6.45, 7) is 0. The molecule has 6 aromatic rings. The second kappa shape index (κ2) is 7.79. The van der Waals surface area contributed by atoms with E-state index in [4.69, 9.17) is 4.18 Å².